The van der Waals surface area contributed by atoms with Gasteiger partial charge in [0.15, 0.2) is 5.82 Å². The summed E-state index contributed by atoms with van der Waals surface area (Å²) in [5.41, 5.74) is 6.69. The summed E-state index contributed by atoms with van der Waals surface area (Å²) in [7, 11) is 0. The smallest absolute Gasteiger partial charge is 0.163 e. The number of hydrogen-bond acceptors (Lipinski definition) is 6. The molecule has 0 saturated carbocycles. The summed E-state index contributed by atoms with van der Waals surface area (Å²) in [6, 6.07) is 11.2. The van der Waals surface area contributed by atoms with Gasteiger partial charge >= 0.3 is 0 Å². The van der Waals surface area contributed by atoms with Crippen molar-refractivity contribution < 1.29 is 10.2 Å². The summed E-state index contributed by atoms with van der Waals surface area (Å²) < 4.78 is 0. The highest BCUT2D eigenvalue weighted by atomic mass is 16.3. The number of rotatable bonds is 6. The SMILES string of the molecule is Nc1cc(N(CCO)CCO)nc(-c2ccccc2)n1. The van der Waals surface area contributed by atoms with E-state index in [9.17, 15) is 0 Å². The number of nitrogens with two attached hydrogens (primary N) is 1. The third-order valence-electron chi connectivity index (χ3n) is 2.83. The lowest BCUT2D eigenvalue weighted by atomic mass is 10.2. The molecule has 6 heteroatoms. The molecule has 2 rings (SSSR count). The molecule has 4 N–H and O–H groups in total. The first kappa shape index (κ1) is 14.2. The molecule has 1 heterocycles. The summed E-state index contributed by atoms with van der Waals surface area (Å²) >= 11 is 0. The molecule has 0 radical (unpaired) electrons. The van der Waals surface area contributed by atoms with Crippen molar-refractivity contribution in [2.24, 2.45) is 0 Å². The number of benzene rings is 1. The van der Waals surface area contributed by atoms with E-state index in [1.54, 1.807) is 11.0 Å². The Balaban J connectivity index is 2.37. The number of aliphatic hydroxyl groups is 2. The van der Waals surface area contributed by atoms with Crippen LogP contribution in [-0.4, -0.2) is 46.5 Å². The Morgan fingerprint density at radius 3 is 2.25 bits per heavy atom. The van der Waals surface area contributed by atoms with Gasteiger partial charge in [-0.25, -0.2) is 9.97 Å². The normalized spacial score (nSPS) is 10.5. The maximum absolute atomic E-state index is 9.08. The Labute approximate surface area is 117 Å². The summed E-state index contributed by atoms with van der Waals surface area (Å²) in [6.07, 6.45) is 0. The maximum Gasteiger partial charge on any atom is 0.163 e. The van der Waals surface area contributed by atoms with Gasteiger partial charge in [-0.3, -0.25) is 0 Å². The second kappa shape index (κ2) is 6.83. The van der Waals surface area contributed by atoms with Crippen molar-refractivity contribution in [1.82, 2.24) is 9.97 Å². The van der Waals surface area contributed by atoms with Crippen molar-refractivity contribution in [3.8, 4) is 11.4 Å². The fourth-order valence-corrected chi connectivity index (χ4v) is 1.91. The lowest BCUT2D eigenvalue weighted by molar-refractivity contribution is 0.280. The van der Waals surface area contributed by atoms with Crippen LogP contribution in [0.15, 0.2) is 36.4 Å². The van der Waals surface area contributed by atoms with Crippen molar-refractivity contribution in [3.05, 3.63) is 36.4 Å². The standard InChI is InChI=1S/C14H18N4O2/c15-12-10-13(18(6-8-19)7-9-20)17-14(16-12)11-4-2-1-3-5-11/h1-5,10,19-20H,6-9H2,(H2,15,16,17). The molecule has 0 spiro atoms. The second-order valence-electron chi connectivity index (χ2n) is 4.27. The van der Waals surface area contributed by atoms with Crippen LogP contribution in [0.1, 0.15) is 0 Å². The lowest BCUT2D eigenvalue weighted by Crippen LogP contribution is -2.30. The van der Waals surface area contributed by atoms with E-state index in [1.807, 2.05) is 30.3 Å². The number of aromatic nitrogens is 2. The largest absolute Gasteiger partial charge is 0.395 e. The minimum absolute atomic E-state index is 0.0232. The van der Waals surface area contributed by atoms with Crippen LogP contribution in [0.2, 0.25) is 0 Å². The Bertz CT molecular complexity index is 542. The molecule has 6 nitrogen and oxygen atoms in total. The van der Waals surface area contributed by atoms with E-state index >= 15 is 0 Å². The van der Waals surface area contributed by atoms with Gasteiger partial charge in [0, 0.05) is 24.7 Å². The molecule has 0 bridgehead atoms. The van der Waals surface area contributed by atoms with Crippen molar-refractivity contribution >= 4 is 11.6 Å². The van der Waals surface area contributed by atoms with E-state index in [-0.39, 0.29) is 13.2 Å². The van der Waals surface area contributed by atoms with Gasteiger partial charge in [-0.1, -0.05) is 30.3 Å². The molecule has 0 fully saturated rings. The third kappa shape index (κ3) is 3.43. The van der Waals surface area contributed by atoms with E-state index in [0.29, 0.717) is 30.5 Å². The first-order valence-corrected chi connectivity index (χ1v) is 6.41. The minimum Gasteiger partial charge on any atom is -0.395 e. The molecule has 0 aliphatic heterocycles. The summed E-state index contributed by atoms with van der Waals surface area (Å²) in [4.78, 5) is 10.4. The summed E-state index contributed by atoms with van der Waals surface area (Å²) in [5.74, 6) is 1.48. The highest BCUT2D eigenvalue weighted by Gasteiger charge is 2.11. The highest BCUT2D eigenvalue weighted by Crippen LogP contribution is 2.20. The van der Waals surface area contributed by atoms with Crippen LogP contribution in [0, 0.1) is 0 Å². The molecule has 1 aromatic carbocycles. The third-order valence-corrected chi connectivity index (χ3v) is 2.83. The van der Waals surface area contributed by atoms with Crippen molar-refractivity contribution in [2.45, 2.75) is 0 Å². The van der Waals surface area contributed by atoms with E-state index in [2.05, 4.69) is 9.97 Å². The zero-order chi connectivity index (χ0) is 14.4. The number of nitrogen functional groups attached to an aromatic ring is 1. The number of anilines is 2. The molecule has 0 atom stereocenters. The van der Waals surface area contributed by atoms with Crippen LogP contribution in [-0.2, 0) is 0 Å². The zero-order valence-corrected chi connectivity index (χ0v) is 11.1. The molecule has 106 valence electrons. The minimum atomic E-state index is -0.0232. The van der Waals surface area contributed by atoms with Gasteiger partial charge in [0.1, 0.15) is 11.6 Å². The molecule has 0 aliphatic rings. The van der Waals surface area contributed by atoms with Gasteiger partial charge < -0.3 is 20.8 Å². The van der Waals surface area contributed by atoms with Gasteiger partial charge in [-0.05, 0) is 0 Å². The van der Waals surface area contributed by atoms with Crippen molar-refractivity contribution in [2.75, 3.05) is 36.9 Å². The Kier molecular flexibility index (Phi) is 4.86. The monoisotopic (exact) mass is 274 g/mol. The van der Waals surface area contributed by atoms with E-state index < -0.39 is 0 Å². The van der Waals surface area contributed by atoms with Gasteiger partial charge in [0.2, 0.25) is 0 Å². The van der Waals surface area contributed by atoms with E-state index in [1.165, 1.54) is 0 Å². The lowest BCUT2D eigenvalue weighted by Gasteiger charge is -2.22. The van der Waals surface area contributed by atoms with Crippen LogP contribution < -0.4 is 10.6 Å². The molecule has 0 unspecified atom stereocenters. The first-order valence-electron chi connectivity index (χ1n) is 6.41. The fourth-order valence-electron chi connectivity index (χ4n) is 1.91. The summed E-state index contributed by atoms with van der Waals surface area (Å²) in [6.45, 7) is 0.714. The van der Waals surface area contributed by atoms with Crippen LogP contribution in [0.5, 0.6) is 0 Å². The average Bonchev–Trinajstić information content (AvgIpc) is 2.47. The van der Waals surface area contributed by atoms with Gasteiger partial charge in [0.25, 0.3) is 0 Å². The molecular weight excluding hydrogens is 256 g/mol. The van der Waals surface area contributed by atoms with E-state index in [0.717, 1.165) is 5.56 Å². The molecule has 0 aliphatic carbocycles. The maximum atomic E-state index is 9.08. The van der Waals surface area contributed by atoms with Crippen LogP contribution in [0.4, 0.5) is 11.6 Å². The molecule has 2 aromatic rings. The predicted molar refractivity (Wildman–Crippen MR) is 78.3 cm³/mol. The van der Waals surface area contributed by atoms with Gasteiger partial charge in [0.05, 0.1) is 13.2 Å². The summed E-state index contributed by atoms with van der Waals surface area (Å²) in [5, 5.41) is 18.2. The quantitative estimate of drug-likeness (QED) is 0.710. The average molecular weight is 274 g/mol. The van der Waals surface area contributed by atoms with Gasteiger partial charge in [-0.15, -0.1) is 0 Å². The van der Waals surface area contributed by atoms with Crippen molar-refractivity contribution in [1.29, 1.82) is 0 Å². The Hall–Kier alpha value is -2.18. The molecule has 1 aromatic heterocycles. The number of hydrogen-bond donors (Lipinski definition) is 3. The second-order valence-corrected chi connectivity index (χ2v) is 4.27. The van der Waals surface area contributed by atoms with E-state index in [4.69, 9.17) is 15.9 Å². The Morgan fingerprint density at radius 2 is 1.65 bits per heavy atom. The van der Waals surface area contributed by atoms with Crippen LogP contribution in [0.3, 0.4) is 0 Å². The predicted octanol–water partition coefficient (Wildman–Crippen LogP) is 0.517. The van der Waals surface area contributed by atoms with Crippen molar-refractivity contribution in [3.63, 3.8) is 0 Å². The van der Waals surface area contributed by atoms with Crippen LogP contribution in [0.25, 0.3) is 11.4 Å². The van der Waals surface area contributed by atoms with Gasteiger partial charge in [-0.2, -0.15) is 0 Å². The Morgan fingerprint density at radius 1 is 1.00 bits per heavy atom. The number of aliphatic hydroxyl groups excluding tert-OH is 2. The fraction of sp³-hybridized carbons (Fsp3) is 0.286. The zero-order valence-electron chi connectivity index (χ0n) is 11.1. The highest BCUT2D eigenvalue weighted by molar-refractivity contribution is 5.60. The topological polar surface area (TPSA) is 95.5 Å². The number of nitrogens with zero attached hydrogens (tertiary/aromatic N) is 3. The van der Waals surface area contributed by atoms with Crippen LogP contribution >= 0.6 is 0 Å². The molecule has 0 amide bonds. The molecule has 0 saturated heterocycles. The molecule has 20 heavy (non-hydrogen) atoms. The molecular formula is C14H18N4O2. The first-order chi connectivity index (χ1) is 9.74.